The van der Waals surface area contributed by atoms with Crippen molar-refractivity contribution in [3.8, 4) is 0 Å². The van der Waals surface area contributed by atoms with E-state index in [-0.39, 0.29) is 6.04 Å². The number of hydrogen-bond donors (Lipinski definition) is 1. The Kier molecular flexibility index (Phi) is 6.50. The third kappa shape index (κ3) is 4.30. The van der Waals surface area contributed by atoms with E-state index in [1.807, 2.05) is 17.8 Å². The summed E-state index contributed by atoms with van der Waals surface area (Å²) in [7, 11) is 0. The van der Waals surface area contributed by atoms with Gasteiger partial charge in [0.15, 0.2) is 0 Å². The largest absolute Gasteiger partial charge is 0.304 e. The van der Waals surface area contributed by atoms with Gasteiger partial charge in [-0.3, -0.25) is 0 Å². The molecule has 0 saturated heterocycles. The molecule has 1 unspecified atom stereocenters. The summed E-state index contributed by atoms with van der Waals surface area (Å²) in [6.45, 7) is 3.17. The second-order valence-corrected chi connectivity index (χ2v) is 6.65. The summed E-state index contributed by atoms with van der Waals surface area (Å²) in [6, 6.07) is 10.7. The number of rotatable bonds is 8. The average Bonchev–Trinajstić information content (AvgIpc) is 2.95. The van der Waals surface area contributed by atoms with Crippen LogP contribution in [0.25, 0.3) is 0 Å². The van der Waals surface area contributed by atoms with Gasteiger partial charge in [-0.2, -0.15) is 11.8 Å². The van der Waals surface area contributed by atoms with E-state index in [4.69, 9.17) is 0 Å². The molecule has 0 amide bonds. The van der Waals surface area contributed by atoms with Gasteiger partial charge in [-0.1, -0.05) is 48.6 Å². The van der Waals surface area contributed by atoms with E-state index in [0.717, 1.165) is 35.2 Å². The molecule has 2 aromatic rings. The molecule has 0 bridgehead atoms. The Labute approximate surface area is 129 Å². The number of benzene rings is 1. The number of thioether (sulfide) groups is 1. The number of aromatic nitrogens is 2. The highest BCUT2D eigenvalue weighted by Crippen LogP contribution is 2.25. The van der Waals surface area contributed by atoms with Crippen molar-refractivity contribution in [2.45, 2.75) is 25.8 Å². The van der Waals surface area contributed by atoms with Crippen LogP contribution in [-0.2, 0) is 6.42 Å². The van der Waals surface area contributed by atoms with Gasteiger partial charge in [-0.25, -0.2) is 0 Å². The fourth-order valence-electron chi connectivity index (χ4n) is 1.96. The fourth-order valence-corrected chi connectivity index (χ4v) is 3.43. The molecular formula is C15H21N3S2. The van der Waals surface area contributed by atoms with Crippen LogP contribution in [0.2, 0.25) is 0 Å². The maximum Gasteiger partial charge on any atom is 0.139 e. The lowest BCUT2D eigenvalue weighted by molar-refractivity contribution is 0.591. The first-order valence-corrected chi connectivity index (χ1v) is 9.15. The van der Waals surface area contributed by atoms with Gasteiger partial charge in [0.1, 0.15) is 10.0 Å². The summed E-state index contributed by atoms with van der Waals surface area (Å²) < 4.78 is 0. The molecule has 0 aliphatic rings. The predicted molar refractivity (Wildman–Crippen MR) is 88.6 cm³/mol. The summed E-state index contributed by atoms with van der Waals surface area (Å²) in [5.74, 6) is 1.10. The van der Waals surface area contributed by atoms with Crippen molar-refractivity contribution >= 4 is 23.1 Å². The zero-order chi connectivity index (χ0) is 14.2. The zero-order valence-electron chi connectivity index (χ0n) is 12.0. The van der Waals surface area contributed by atoms with Crippen LogP contribution >= 0.6 is 23.1 Å². The van der Waals surface area contributed by atoms with Gasteiger partial charge in [0.2, 0.25) is 0 Å². The first-order valence-electron chi connectivity index (χ1n) is 6.94. The van der Waals surface area contributed by atoms with Crippen molar-refractivity contribution in [3.63, 3.8) is 0 Å². The summed E-state index contributed by atoms with van der Waals surface area (Å²) in [5, 5.41) is 14.5. The van der Waals surface area contributed by atoms with Crippen LogP contribution < -0.4 is 5.32 Å². The molecular weight excluding hydrogens is 286 g/mol. The van der Waals surface area contributed by atoms with Crippen molar-refractivity contribution in [3.05, 3.63) is 45.9 Å². The summed E-state index contributed by atoms with van der Waals surface area (Å²) in [5.41, 5.74) is 1.26. The molecule has 1 aromatic heterocycles. The number of hydrogen-bond acceptors (Lipinski definition) is 5. The van der Waals surface area contributed by atoms with Crippen LogP contribution in [0.5, 0.6) is 0 Å². The quantitative estimate of drug-likeness (QED) is 0.809. The molecule has 0 saturated carbocycles. The first-order chi connectivity index (χ1) is 9.85. The molecule has 1 atom stereocenters. The van der Waals surface area contributed by atoms with E-state index in [1.54, 1.807) is 11.3 Å². The third-order valence-electron chi connectivity index (χ3n) is 2.98. The van der Waals surface area contributed by atoms with E-state index >= 15 is 0 Å². The Hall–Kier alpha value is -0.910. The second-order valence-electron chi connectivity index (χ2n) is 4.57. The number of aryl methyl sites for hydroxylation is 1. The number of nitrogens with one attached hydrogen (secondary N) is 1. The summed E-state index contributed by atoms with van der Waals surface area (Å²) in [6.07, 6.45) is 4.24. The predicted octanol–water partition coefficient (Wildman–Crippen LogP) is 3.53. The minimum atomic E-state index is 0.164. The fraction of sp³-hybridized carbons (Fsp3) is 0.467. The van der Waals surface area contributed by atoms with E-state index in [2.05, 4.69) is 53.0 Å². The first kappa shape index (κ1) is 15.5. The Bertz CT molecular complexity index is 499. The Morgan fingerprint density at radius 2 is 2.05 bits per heavy atom. The van der Waals surface area contributed by atoms with Crippen LogP contribution in [0, 0.1) is 0 Å². The molecule has 2 rings (SSSR count). The zero-order valence-corrected chi connectivity index (χ0v) is 13.6. The van der Waals surface area contributed by atoms with Crippen LogP contribution in [-0.4, -0.2) is 28.8 Å². The Morgan fingerprint density at radius 3 is 2.75 bits per heavy atom. The van der Waals surface area contributed by atoms with Crippen LogP contribution in [0.4, 0.5) is 0 Å². The van der Waals surface area contributed by atoms with E-state index in [9.17, 15) is 0 Å². The molecule has 0 spiro atoms. The van der Waals surface area contributed by atoms with E-state index in [1.165, 1.54) is 5.56 Å². The lowest BCUT2D eigenvalue weighted by Crippen LogP contribution is -2.23. The molecule has 0 aliphatic carbocycles. The third-order valence-corrected chi connectivity index (χ3v) is 4.64. The SMILES string of the molecule is CCCNC(c1ccccc1)c1nnc(CCSC)s1. The Balaban J connectivity index is 2.16. The van der Waals surface area contributed by atoms with Crippen molar-refractivity contribution in [2.24, 2.45) is 0 Å². The molecule has 108 valence electrons. The smallest absolute Gasteiger partial charge is 0.139 e. The maximum atomic E-state index is 4.40. The highest BCUT2D eigenvalue weighted by molar-refractivity contribution is 7.98. The average molecular weight is 307 g/mol. The normalized spacial score (nSPS) is 12.5. The monoisotopic (exact) mass is 307 g/mol. The molecule has 1 N–H and O–H groups in total. The van der Waals surface area contributed by atoms with Crippen molar-refractivity contribution < 1.29 is 0 Å². The van der Waals surface area contributed by atoms with E-state index in [0.29, 0.717) is 0 Å². The standard InChI is InChI=1S/C15H21N3S2/c1-3-10-16-14(12-7-5-4-6-8-12)15-18-17-13(20-15)9-11-19-2/h4-8,14,16H,3,9-11H2,1-2H3. The van der Waals surface area contributed by atoms with Gasteiger partial charge in [-0.05, 0) is 30.5 Å². The molecule has 1 heterocycles. The molecule has 5 heteroatoms. The lowest BCUT2D eigenvalue weighted by atomic mass is 10.1. The van der Waals surface area contributed by atoms with Crippen molar-refractivity contribution in [1.82, 2.24) is 15.5 Å². The van der Waals surface area contributed by atoms with Crippen LogP contribution in [0.1, 0.15) is 35.0 Å². The van der Waals surface area contributed by atoms with Gasteiger partial charge >= 0.3 is 0 Å². The summed E-state index contributed by atoms with van der Waals surface area (Å²) >= 11 is 3.58. The highest BCUT2D eigenvalue weighted by Gasteiger charge is 2.17. The topological polar surface area (TPSA) is 37.8 Å². The van der Waals surface area contributed by atoms with E-state index < -0.39 is 0 Å². The minimum Gasteiger partial charge on any atom is -0.304 e. The van der Waals surface area contributed by atoms with Crippen LogP contribution in [0.15, 0.2) is 30.3 Å². The number of nitrogens with zero attached hydrogens (tertiary/aromatic N) is 2. The van der Waals surface area contributed by atoms with Gasteiger partial charge in [0, 0.05) is 6.42 Å². The lowest BCUT2D eigenvalue weighted by Gasteiger charge is -2.15. The van der Waals surface area contributed by atoms with Gasteiger partial charge in [-0.15, -0.1) is 10.2 Å². The van der Waals surface area contributed by atoms with Gasteiger partial charge in [0.25, 0.3) is 0 Å². The van der Waals surface area contributed by atoms with Crippen LogP contribution in [0.3, 0.4) is 0 Å². The Morgan fingerprint density at radius 1 is 1.25 bits per heavy atom. The molecule has 3 nitrogen and oxygen atoms in total. The molecule has 0 fully saturated rings. The molecule has 1 aromatic carbocycles. The second kappa shape index (κ2) is 8.39. The van der Waals surface area contributed by atoms with Gasteiger partial charge in [0.05, 0.1) is 6.04 Å². The molecule has 20 heavy (non-hydrogen) atoms. The summed E-state index contributed by atoms with van der Waals surface area (Å²) in [4.78, 5) is 0. The highest BCUT2D eigenvalue weighted by atomic mass is 32.2. The molecule has 0 radical (unpaired) electrons. The maximum absolute atomic E-state index is 4.40. The molecule has 0 aliphatic heterocycles. The minimum absolute atomic E-state index is 0.164. The van der Waals surface area contributed by atoms with Crippen molar-refractivity contribution in [1.29, 1.82) is 0 Å². The van der Waals surface area contributed by atoms with Gasteiger partial charge < -0.3 is 5.32 Å². The van der Waals surface area contributed by atoms with Crippen molar-refractivity contribution in [2.75, 3.05) is 18.6 Å².